The Morgan fingerprint density at radius 2 is 1.86 bits per heavy atom. The Kier molecular flexibility index (Phi) is 2.60. The smallest absolute Gasteiger partial charge is 0.00233 e. The van der Waals surface area contributed by atoms with E-state index in [2.05, 4.69) is 43.4 Å². The Morgan fingerprint density at radius 1 is 1.21 bits per heavy atom. The van der Waals surface area contributed by atoms with Crippen LogP contribution in [0, 0.1) is 12.3 Å². The van der Waals surface area contributed by atoms with E-state index in [4.69, 9.17) is 0 Å². The molecule has 1 nitrogen and oxygen atoms in total. The van der Waals surface area contributed by atoms with Crippen LogP contribution in [0.1, 0.15) is 24.5 Å². The van der Waals surface area contributed by atoms with Crippen LogP contribution in [0.3, 0.4) is 0 Å². The van der Waals surface area contributed by atoms with Crippen molar-refractivity contribution < 1.29 is 0 Å². The Labute approximate surface area is 86.5 Å². The average Bonchev–Trinajstić information content (AvgIpc) is 2.15. The molecule has 76 valence electrons. The molecule has 0 radical (unpaired) electrons. The highest BCUT2D eigenvalue weighted by molar-refractivity contribution is 5.23. The third-order valence-corrected chi connectivity index (χ3v) is 3.45. The predicted molar refractivity (Wildman–Crippen MR) is 60.5 cm³/mol. The molecule has 1 saturated heterocycles. The highest BCUT2D eigenvalue weighted by Crippen LogP contribution is 2.31. The highest BCUT2D eigenvalue weighted by Gasteiger charge is 2.34. The van der Waals surface area contributed by atoms with Gasteiger partial charge in [-0.3, -0.25) is 0 Å². The van der Waals surface area contributed by atoms with Gasteiger partial charge in [-0.15, -0.1) is 0 Å². The van der Waals surface area contributed by atoms with Gasteiger partial charge in [0, 0.05) is 13.1 Å². The zero-order chi connectivity index (χ0) is 10.0. The van der Waals surface area contributed by atoms with E-state index in [1.165, 1.54) is 37.1 Å². The summed E-state index contributed by atoms with van der Waals surface area (Å²) >= 11 is 0. The molecule has 1 heteroatoms. The third-order valence-electron chi connectivity index (χ3n) is 3.45. The minimum absolute atomic E-state index is 0.551. The Hall–Kier alpha value is -0.820. The highest BCUT2D eigenvalue weighted by atomic mass is 15.0. The summed E-state index contributed by atoms with van der Waals surface area (Å²) in [5, 5.41) is 3.38. The molecular formula is C13H19N. The van der Waals surface area contributed by atoms with Crippen LogP contribution < -0.4 is 5.32 Å². The molecule has 1 N–H and O–H groups in total. The molecule has 0 bridgehead atoms. The maximum atomic E-state index is 3.38. The predicted octanol–water partition coefficient (Wildman–Crippen LogP) is 2.54. The number of nitrogens with one attached hydrogen (secondary N) is 1. The summed E-state index contributed by atoms with van der Waals surface area (Å²) < 4.78 is 0. The molecule has 0 unspecified atom stereocenters. The van der Waals surface area contributed by atoms with Crippen LogP contribution in [0.2, 0.25) is 0 Å². The van der Waals surface area contributed by atoms with Crippen LogP contribution in [0.5, 0.6) is 0 Å². The summed E-state index contributed by atoms with van der Waals surface area (Å²) in [7, 11) is 0. The number of aryl methyl sites for hydroxylation is 1. The molecule has 1 fully saturated rings. The summed E-state index contributed by atoms with van der Waals surface area (Å²) in [6.45, 7) is 6.83. The van der Waals surface area contributed by atoms with E-state index in [0.29, 0.717) is 5.41 Å². The lowest BCUT2D eigenvalue weighted by molar-refractivity contribution is 0.160. The summed E-state index contributed by atoms with van der Waals surface area (Å²) in [5.74, 6) is 0. The van der Waals surface area contributed by atoms with Gasteiger partial charge in [-0.1, -0.05) is 36.8 Å². The Balaban J connectivity index is 2.06. The summed E-state index contributed by atoms with van der Waals surface area (Å²) in [6, 6.07) is 8.96. The van der Waals surface area contributed by atoms with Crippen molar-refractivity contribution in [2.75, 3.05) is 13.1 Å². The normalized spacial score (nSPS) is 19.0. The van der Waals surface area contributed by atoms with Crippen molar-refractivity contribution in [3.63, 3.8) is 0 Å². The minimum atomic E-state index is 0.551. The number of hydrogen-bond acceptors (Lipinski definition) is 1. The molecule has 1 aliphatic heterocycles. The molecule has 0 spiro atoms. The fourth-order valence-corrected chi connectivity index (χ4v) is 2.12. The van der Waals surface area contributed by atoms with Gasteiger partial charge in [0.2, 0.25) is 0 Å². The van der Waals surface area contributed by atoms with Gasteiger partial charge in [0.1, 0.15) is 0 Å². The van der Waals surface area contributed by atoms with Gasteiger partial charge < -0.3 is 5.32 Å². The van der Waals surface area contributed by atoms with Crippen LogP contribution in [0.4, 0.5) is 0 Å². The van der Waals surface area contributed by atoms with Crippen molar-refractivity contribution in [2.45, 2.75) is 26.7 Å². The fraction of sp³-hybridized carbons (Fsp3) is 0.538. The minimum Gasteiger partial charge on any atom is -0.316 e. The van der Waals surface area contributed by atoms with E-state index >= 15 is 0 Å². The first kappa shape index (κ1) is 9.72. The molecule has 14 heavy (non-hydrogen) atoms. The lowest BCUT2D eigenvalue weighted by atomic mass is 9.74. The standard InChI is InChI=1S/C13H19N/c1-3-13(9-14-10-13)8-12-6-4-11(2)5-7-12/h4-7,14H,3,8-10H2,1-2H3. The monoisotopic (exact) mass is 189 g/mol. The molecule has 0 aromatic heterocycles. The van der Waals surface area contributed by atoms with E-state index in [1.807, 2.05) is 0 Å². The zero-order valence-electron chi connectivity index (χ0n) is 9.14. The van der Waals surface area contributed by atoms with Gasteiger partial charge in [-0.25, -0.2) is 0 Å². The topological polar surface area (TPSA) is 12.0 Å². The maximum Gasteiger partial charge on any atom is 0.00233 e. The van der Waals surface area contributed by atoms with E-state index in [9.17, 15) is 0 Å². The lowest BCUT2D eigenvalue weighted by Crippen LogP contribution is -2.54. The molecule has 1 aromatic carbocycles. The van der Waals surface area contributed by atoms with Crippen molar-refractivity contribution in [1.29, 1.82) is 0 Å². The first-order valence-electron chi connectivity index (χ1n) is 5.50. The van der Waals surface area contributed by atoms with Gasteiger partial charge in [0.15, 0.2) is 0 Å². The van der Waals surface area contributed by atoms with Gasteiger partial charge >= 0.3 is 0 Å². The van der Waals surface area contributed by atoms with E-state index < -0.39 is 0 Å². The van der Waals surface area contributed by atoms with Gasteiger partial charge in [-0.2, -0.15) is 0 Å². The van der Waals surface area contributed by atoms with E-state index in [-0.39, 0.29) is 0 Å². The maximum absolute atomic E-state index is 3.38. The molecule has 1 aromatic rings. The zero-order valence-corrected chi connectivity index (χ0v) is 9.14. The fourth-order valence-electron chi connectivity index (χ4n) is 2.12. The van der Waals surface area contributed by atoms with Crippen molar-refractivity contribution in [2.24, 2.45) is 5.41 Å². The Bertz CT molecular complexity index is 290. The lowest BCUT2D eigenvalue weighted by Gasteiger charge is -2.42. The van der Waals surface area contributed by atoms with Gasteiger partial charge in [0.25, 0.3) is 0 Å². The summed E-state index contributed by atoms with van der Waals surface area (Å²) in [4.78, 5) is 0. The average molecular weight is 189 g/mol. The van der Waals surface area contributed by atoms with Gasteiger partial charge in [-0.05, 0) is 30.7 Å². The second-order valence-corrected chi connectivity index (χ2v) is 4.62. The molecule has 2 rings (SSSR count). The molecule has 0 saturated carbocycles. The largest absolute Gasteiger partial charge is 0.316 e. The van der Waals surface area contributed by atoms with Crippen LogP contribution in [-0.4, -0.2) is 13.1 Å². The van der Waals surface area contributed by atoms with Crippen LogP contribution in [-0.2, 0) is 6.42 Å². The van der Waals surface area contributed by atoms with Crippen LogP contribution >= 0.6 is 0 Å². The number of hydrogen-bond donors (Lipinski definition) is 1. The first-order valence-corrected chi connectivity index (χ1v) is 5.50. The summed E-state index contributed by atoms with van der Waals surface area (Å²) in [5.41, 5.74) is 3.39. The van der Waals surface area contributed by atoms with E-state index in [0.717, 1.165) is 0 Å². The molecule has 1 heterocycles. The SMILES string of the molecule is CCC1(Cc2ccc(C)cc2)CNC1. The van der Waals surface area contributed by atoms with E-state index in [1.54, 1.807) is 0 Å². The summed E-state index contributed by atoms with van der Waals surface area (Å²) in [6.07, 6.45) is 2.52. The Morgan fingerprint density at radius 3 is 2.29 bits per heavy atom. The van der Waals surface area contributed by atoms with Crippen LogP contribution in [0.15, 0.2) is 24.3 Å². The quantitative estimate of drug-likeness (QED) is 0.770. The van der Waals surface area contributed by atoms with Crippen molar-refractivity contribution in [1.82, 2.24) is 5.32 Å². The third kappa shape index (κ3) is 1.83. The number of rotatable bonds is 3. The van der Waals surface area contributed by atoms with Crippen molar-refractivity contribution >= 4 is 0 Å². The molecule has 0 aliphatic carbocycles. The van der Waals surface area contributed by atoms with Gasteiger partial charge in [0.05, 0.1) is 0 Å². The molecule has 1 aliphatic rings. The molecule has 0 amide bonds. The molecular weight excluding hydrogens is 170 g/mol. The second kappa shape index (κ2) is 3.74. The van der Waals surface area contributed by atoms with Crippen molar-refractivity contribution in [3.05, 3.63) is 35.4 Å². The van der Waals surface area contributed by atoms with Crippen LogP contribution in [0.25, 0.3) is 0 Å². The first-order chi connectivity index (χ1) is 6.74. The van der Waals surface area contributed by atoms with Crippen molar-refractivity contribution in [3.8, 4) is 0 Å². The second-order valence-electron chi connectivity index (χ2n) is 4.62. The number of benzene rings is 1. The molecule has 0 atom stereocenters.